The number of rotatable bonds is 25. The highest BCUT2D eigenvalue weighted by molar-refractivity contribution is 7.89. The van der Waals surface area contributed by atoms with Crippen molar-refractivity contribution in [1.82, 2.24) is 34.0 Å². The molecule has 8 rings (SSSR count). The summed E-state index contributed by atoms with van der Waals surface area (Å²) < 4.78 is 61.4. The lowest BCUT2D eigenvalue weighted by molar-refractivity contribution is -0.136. The standard InChI is InChI=1S/C51H60ClN9O11S2/c1-32-33(2)73-51-48(32)49(35-5-7-38(52)8-6-35)56-42(50-58-57-34(3)61(50)51)30-46(63)53-15-20-70-22-24-72-26-25-71-23-21-69-19-14-45(62)55-39-9-10-41(36-11-18-60-43(27-36)37(31-54-60)28-47(64)65)44(29-39)74(66,67)59-16-12-40(68-4)13-17-59/h5-11,18,27,29,31,40,42H,12-17,19-26,28,30H2,1-4H3,(H,53,63)(H,55,62)(H,64,65)/t42-/m0/s1. The summed E-state index contributed by atoms with van der Waals surface area (Å²) in [6, 6.07) is 15.2. The summed E-state index contributed by atoms with van der Waals surface area (Å²) in [5.74, 6) is -0.238. The van der Waals surface area contributed by atoms with Crippen molar-refractivity contribution in [3.05, 3.63) is 111 Å². The highest BCUT2D eigenvalue weighted by atomic mass is 35.5. The van der Waals surface area contributed by atoms with Gasteiger partial charge in [-0.3, -0.25) is 23.9 Å². The molecule has 6 heterocycles. The second kappa shape index (κ2) is 25.1. The molecule has 1 fully saturated rings. The minimum Gasteiger partial charge on any atom is -0.481 e. The Balaban J connectivity index is 0.721. The zero-order chi connectivity index (χ0) is 52.4. The van der Waals surface area contributed by atoms with Gasteiger partial charge in [-0.1, -0.05) is 29.8 Å². The third kappa shape index (κ3) is 13.1. The number of nitrogens with zero attached hydrogens (tertiary/aromatic N) is 7. The van der Waals surface area contributed by atoms with Crippen LogP contribution in [0, 0.1) is 20.8 Å². The number of carboxylic acids is 1. The third-order valence-corrected chi connectivity index (χ3v) is 16.1. The Morgan fingerprint density at radius 2 is 1.54 bits per heavy atom. The molecule has 2 aliphatic rings. The van der Waals surface area contributed by atoms with Gasteiger partial charge in [0.25, 0.3) is 0 Å². The van der Waals surface area contributed by atoms with Crippen molar-refractivity contribution in [2.45, 2.75) is 69.9 Å². The van der Waals surface area contributed by atoms with E-state index in [4.69, 9.17) is 40.3 Å². The van der Waals surface area contributed by atoms with E-state index in [-0.39, 0.29) is 75.0 Å². The van der Waals surface area contributed by atoms with E-state index in [1.165, 1.54) is 16.6 Å². The van der Waals surface area contributed by atoms with Gasteiger partial charge in [-0.05, 0) is 81.1 Å². The van der Waals surface area contributed by atoms with Crippen LogP contribution >= 0.6 is 22.9 Å². The SMILES string of the molecule is COC1CCN(S(=O)(=O)c2cc(NC(=O)CCOCCOCCOCCOCCNC(=O)C[C@@H]3N=C(c4ccc(Cl)cc4)c4c(sc(C)c4C)-n4c(C)nnc43)ccc2-c2ccn3ncc(CC(=O)O)c3c2)CC1. The molecule has 0 saturated carbocycles. The number of hydrogen-bond acceptors (Lipinski definition) is 15. The predicted molar refractivity (Wildman–Crippen MR) is 278 cm³/mol. The number of pyridine rings is 1. The van der Waals surface area contributed by atoms with Crippen molar-refractivity contribution in [3.63, 3.8) is 0 Å². The number of anilines is 1. The van der Waals surface area contributed by atoms with Gasteiger partial charge >= 0.3 is 5.97 Å². The first-order valence-corrected chi connectivity index (χ1v) is 26.9. The molecular formula is C51H60ClN9O11S2. The summed E-state index contributed by atoms with van der Waals surface area (Å²) in [5.41, 5.74) is 6.08. The second-order valence-electron chi connectivity index (χ2n) is 17.7. The number of nitrogens with one attached hydrogen (secondary N) is 2. The maximum atomic E-state index is 14.2. The number of methoxy groups -OCH3 is 1. The van der Waals surface area contributed by atoms with Gasteiger partial charge in [-0.15, -0.1) is 21.5 Å². The normalized spacial score (nSPS) is 15.1. The molecule has 2 amide bonds. The first-order chi connectivity index (χ1) is 35.7. The number of thiophene rings is 1. The van der Waals surface area contributed by atoms with E-state index in [0.29, 0.717) is 91.2 Å². The molecule has 4 aromatic heterocycles. The van der Waals surface area contributed by atoms with Crippen LogP contribution in [0.25, 0.3) is 21.6 Å². The summed E-state index contributed by atoms with van der Waals surface area (Å²) in [6.45, 7) is 9.19. The van der Waals surface area contributed by atoms with Gasteiger partial charge in [0.2, 0.25) is 21.8 Å². The Labute approximate surface area is 438 Å². The number of sulfonamides is 1. The number of halogens is 1. The van der Waals surface area contributed by atoms with Crippen LogP contribution < -0.4 is 10.6 Å². The van der Waals surface area contributed by atoms with Crippen molar-refractivity contribution in [1.29, 1.82) is 0 Å². The molecule has 23 heteroatoms. The van der Waals surface area contributed by atoms with Gasteiger partial charge in [0.1, 0.15) is 16.9 Å². The van der Waals surface area contributed by atoms with Gasteiger partial charge in [0, 0.05) is 70.8 Å². The molecule has 1 atom stereocenters. The van der Waals surface area contributed by atoms with E-state index in [1.807, 2.05) is 35.8 Å². The van der Waals surface area contributed by atoms with Gasteiger partial charge in [-0.25, -0.2) is 12.9 Å². The van der Waals surface area contributed by atoms with Crippen LogP contribution in [0.1, 0.15) is 70.5 Å². The molecular weight excluding hydrogens is 1010 g/mol. The number of ether oxygens (including phenoxy) is 5. The molecule has 394 valence electrons. The van der Waals surface area contributed by atoms with E-state index in [9.17, 15) is 27.9 Å². The first kappa shape index (κ1) is 54.3. The summed E-state index contributed by atoms with van der Waals surface area (Å²) in [4.78, 5) is 44.1. The van der Waals surface area contributed by atoms with Crippen molar-refractivity contribution in [2.24, 2.45) is 4.99 Å². The lowest BCUT2D eigenvalue weighted by Gasteiger charge is -2.31. The molecule has 0 aliphatic carbocycles. The van der Waals surface area contributed by atoms with Gasteiger partial charge in [0.05, 0.1) is 101 Å². The Bertz CT molecular complexity index is 3090. The number of aliphatic carboxylic acids is 1. The van der Waals surface area contributed by atoms with E-state index in [2.05, 4.69) is 39.8 Å². The molecule has 3 N–H and O–H groups in total. The van der Waals surface area contributed by atoms with Crippen LogP contribution in [-0.4, -0.2) is 151 Å². The largest absolute Gasteiger partial charge is 0.481 e. The van der Waals surface area contributed by atoms with Crippen molar-refractivity contribution in [3.8, 4) is 16.1 Å². The third-order valence-electron chi connectivity index (χ3n) is 12.8. The van der Waals surface area contributed by atoms with Crippen LogP contribution in [0.4, 0.5) is 5.69 Å². The molecule has 6 aromatic rings. The molecule has 0 radical (unpaired) electrons. The lowest BCUT2D eigenvalue weighted by atomic mass is 9.99. The molecule has 2 aromatic carbocycles. The van der Waals surface area contributed by atoms with Gasteiger partial charge in [0.15, 0.2) is 5.82 Å². The van der Waals surface area contributed by atoms with Crippen molar-refractivity contribution >= 4 is 67.7 Å². The van der Waals surface area contributed by atoms with Crippen LogP contribution in [0.15, 0.2) is 76.9 Å². The number of aryl methyl sites for hydroxylation is 2. The topological polar surface area (TPSA) is 239 Å². The van der Waals surface area contributed by atoms with E-state index in [0.717, 1.165) is 38.1 Å². The zero-order valence-electron chi connectivity index (χ0n) is 41.7. The molecule has 0 unspecified atom stereocenters. The minimum atomic E-state index is -4.03. The maximum absolute atomic E-state index is 14.2. The summed E-state index contributed by atoms with van der Waals surface area (Å²) >= 11 is 7.88. The van der Waals surface area contributed by atoms with Gasteiger partial charge < -0.3 is 39.4 Å². The lowest BCUT2D eigenvalue weighted by Crippen LogP contribution is -2.40. The average Bonchev–Trinajstić information content (AvgIpc) is 4.03. The predicted octanol–water partition coefficient (Wildman–Crippen LogP) is 6.14. The van der Waals surface area contributed by atoms with Crippen LogP contribution in [0.2, 0.25) is 5.02 Å². The molecule has 0 spiro atoms. The van der Waals surface area contributed by atoms with E-state index < -0.39 is 22.0 Å². The number of fused-ring (bicyclic) bond motifs is 4. The minimum absolute atomic E-state index is 0.00880. The number of carbonyl (C=O) groups is 3. The Kier molecular flexibility index (Phi) is 18.4. The quantitative estimate of drug-likeness (QED) is 0.0546. The molecule has 0 bridgehead atoms. The smallest absolute Gasteiger partial charge is 0.307 e. The fourth-order valence-electron chi connectivity index (χ4n) is 8.79. The maximum Gasteiger partial charge on any atom is 0.307 e. The second-order valence-corrected chi connectivity index (χ2v) is 21.3. The fraction of sp³-hybridized carbons (Fsp3) is 0.431. The van der Waals surface area contributed by atoms with E-state index in [1.54, 1.807) is 53.4 Å². The Hall–Kier alpha value is -5.95. The number of benzene rings is 2. The average molecular weight is 1070 g/mol. The number of hydrogen-bond donors (Lipinski definition) is 3. The fourth-order valence-corrected chi connectivity index (χ4v) is 11.8. The van der Waals surface area contributed by atoms with Gasteiger partial charge in [-0.2, -0.15) is 9.40 Å². The number of aromatic nitrogens is 5. The first-order valence-electron chi connectivity index (χ1n) is 24.3. The number of carboxylic acid groups (broad SMARTS) is 1. The van der Waals surface area contributed by atoms with Crippen molar-refractivity contribution < 1.29 is 51.6 Å². The highest BCUT2D eigenvalue weighted by Crippen LogP contribution is 2.40. The van der Waals surface area contributed by atoms with E-state index >= 15 is 0 Å². The molecule has 2 aliphatic heterocycles. The zero-order valence-corrected chi connectivity index (χ0v) is 44.1. The molecule has 1 saturated heterocycles. The Morgan fingerprint density at radius 1 is 0.851 bits per heavy atom. The number of amides is 2. The van der Waals surface area contributed by atoms with Crippen LogP contribution in [0.3, 0.4) is 0 Å². The molecule has 74 heavy (non-hydrogen) atoms. The number of piperidine rings is 1. The summed E-state index contributed by atoms with van der Waals surface area (Å²) in [5, 5.41) is 29.8. The highest BCUT2D eigenvalue weighted by Gasteiger charge is 2.34. The van der Waals surface area contributed by atoms with Crippen LogP contribution in [-0.2, 0) is 54.5 Å². The number of aliphatic imine (C=N–C) groups is 1. The number of carbonyl (C=O) groups excluding carboxylic acids is 2. The monoisotopic (exact) mass is 1070 g/mol. The van der Waals surface area contributed by atoms with Crippen LogP contribution in [0.5, 0.6) is 0 Å². The molecule has 20 nitrogen and oxygen atoms in total. The van der Waals surface area contributed by atoms with Crippen molar-refractivity contribution in [2.75, 3.05) is 84.9 Å². The Morgan fingerprint density at radius 3 is 2.23 bits per heavy atom. The summed E-state index contributed by atoms with van der Waals surface area (Å²) in [6.07, 6.45) is 4.03. The summed E-state index contributed by atoms with van der Waals surface area (Å²) in [7, 11) is -2.42.